The van der Waals surface area contributed by atoms with Gasteiger partial charge in [-0.05, 0) is 25.7 Å². The highest BCUT2D eigenvalue weighted by molar-refractivity contribution is 5.85. The highest BCUT2D eigenvalue weighted by Crippen LogP contribution is 2.31. The third-order valence-electron chi connectivity index (χ3n) is 4.62. The molecule has 4 heteroatoms. The van der Waals surface area contributed by atoms with Gasteiger partial charge in [-0.3, -0.25) is 9.59 Å². The van der Waals surface area contributed by atoms with Crippen LogP contribution in [-0.2, 0) is 9.59 Å². The molecule has 0 spiro atoms. The minimum absolute atomic E-state index is 0.0148. The van der Waals surface area contributed by atoms with Crippen molar-refractivity contribution in [3.8, 4) is 0 Å². The van der Waals surface area contributed by atoms with Crippen LogP contribution in [0, 0.1) is 11.8 Å². The smallest absolute Gasteiger partial charge is 0.307 e. The van der Waals surface area contributed by atoms with Crippen molar-refractivity contribution < 1.29 is 14.7 Å². The second-order valence-electron chi connectivity index (χ2n) is 6.03. The second-order valence-corrected chi connectivity index (χ2v) is 6.03. The summed E-state index contributed by atoms with van der Waals surface area (Å²) >= 11 is 0. The zero-order valence-corrected chi connectivity index (χ0v) is 11.6. The van der Waals surface area contributed by atoms with Gasteiger partial charge in [0.05, 0.1) is 11.8 Å². The van der Waals surface area contributed by atoms with E-state index in [9.17, 15) is 14.7 Å². The Bertz CT molecular complexity index is 321. The lowest BCUT2D eigenvalue weighted by Gasteiger charge is -2.29. The van der Waals surface area contributed by atoms with Crippen LogP contribution < -0.4 is 5.32 Å². The van der Waals surface area contributed by atoms with Crippen LogP contribution in [0.3, 0.4) is 0 Å². The number of carboxylic acids is 1. The number of carbonyl (C=O) groups excluding carboxylic acids is 1. The van der Waals surface area contributed by atoms with E-state index in [4.69, 9.17) is 0 Å². The van der Waals surface area contributed by atoms with Crippen molar-refractivity contribution in [1.29, 1.82) is 0 Å². The van der Waals surface area contributed by atoms with Crippen LogP contribution in [0.25, 0.3) is 0 Å². The number of aliphatic carboxylic acids is 1. The maximum atomic E-state index is 12.3. The third-order valence-corrected chi connectivity index (χ3v) is 4.62. The number of hydrogen-bond acceptors (Lipinski definition) is 2. The molecule has 0 aromatic carbocycles. The zero-order chi connectivity index (χ0) is 13.7. The first-order valence-electron chi connectivity index (χ1n) is 7.71. The van der Waals surface area contributed by atoms with E-state index in [2.05, 4.69) is 5.32 Å². The molecule has 2 N–H and O–H groups in total. The maximum absolute atomic E-state index is 12.3. The fourth-order valence-corrected chi connectivity index (χ4v) is 3.47. The molecule has 1 amide bonds. The topological polar surface area (TPSA) is 66.4 Å². The lowest BCUT2D eigenvalue weighted by molar-refractivity contribution is -0.149. The molecule has 0 radical (unpaired) electrons. The Kier molecular flexibility index (Phi) is 5.23. The predicted octanol–water partition coefficient (Wildman–Crippen LogP) is 2.72. The zero-order valence-electron chi connectivity index (χ0n) is 11.6. The average Bonchev–Trinajstić information content (AvgIpc) is 2.67. The van der Waals surface area contributed by atoms with Crippen LogP contribution in [-0.4, -0.2) is 23.0 Å². The molecule has 0 aromatic rings. The van der Waals surface area contributed by atoms with Gasteiger partial charge < -0.3 is 10.4 Å². The first kappa shape index (κ1) is 14.4. The van der Waals surface area contributed by atoms with Crippen molar-refractivity contribution in [2.75, 3.05) is 0 Å². The standard InChI is InChI=1S/C15H25NO3/c17-14(16-11-7-3-1-2-4-8-11)12-9-5-6-10-13(12)15(18)19/h11-13H,1-10H2,(H,16,17)(H,18,19)/t12-,13+/m0/s1. The Morgan fingerprint density at radius 1 is 0.789 bits per heavy atom. The van der Waals surface area contributed by atoms with Crippen LogP contribution in [0.5, 0.6) is 0 Å². The number of carbonyl (C=O) groups is 2. The van der Waals surface area contributed by atoms with Crippen LogP contribution in [0.15, 0.2) is 0 Å². The number of hydrogen-bond donors (Lipinski definition) is 2. The summed E-state index contributed by atoms with van der Waals surface area (Å²) < 4.78 is 0. The summed E-state index contributed by atoms with van der Waals surface area (Å²) in [6.45, 7) is 0. The van der Waals surface area contributed by atoms with E-state index in [-0.39, 0.29) is 17.9 Å². The van der Waals surface area contributed by atoms with Gasteiger partial charge in [0.1, 0.15) is 0 Å². The molecule has 0 unspecified atom stereocenters. The SMILES string of the molecule is O=C(NC1CCCCCC1)[C@H]1CCCC[C@H]1C(=O)O. The second kappa shape index (κ2) is 6.92. The van der Waals surface area contributed by atoms with Gasteiger partial charge in [0.15, 0.2) is 0 Å². The molecule has 2 aliphatic carbocycles. The fourth-order valence-electron chi connectivity index (χ4n) is 3.47. The van der Waals surface area contributed by atoms with Crippen LogP contribution in [0.4, 0.5) is 0 Å². The van der Waals surface area contributed by atoms with Crippen molar-refractivity contribution in [1.82, 2.24) is 5.32 Å². The van der Waals surface area contributed by atoms with E-state index < -0.39 is 11.9 Å². The van der Waals surface area contributed by atoms with Gasteiger partial charge in [-0.2, -0.15) is 0 Å². The van der Waals surface area contributed by atoms with Gasteiger partial charge in [0.2, 0.25) is 5.91 Å². The monoisotopic (exact) mass is 267 g/mol. The van der Waals surface area contributed by atoms with E-state index >= 15 is 0 Å². The van der Waals surface area contributed by atoms with E-state index in [0.29, 0.717) is 6.42 Å². The molecular weight excluding hydrogens is 242 g/mol. The molecule has 0 bridgehead atoms. The highest BCUT2D eigenvalue weighted by Gasteiger charge is 2.36. The normalized spacial score (nSPS) is 29.5. The van der Waals surface area contributed by atoms with E-state index in [1.807, 2.05) is 0 Å². The van der Waals surface area contributed by atoms with Crippen LogP contribution in [0.2, 0.25) is 0 Å². The molecule has 2 rings (SSSR count). The molecule has 108 valence electrons. The average molecular weight is 267 g/mol. The first-order chi connectivity index (χ1) is 9.18. The van der Waals surface area contributed by atoms with Crippen LogP contribution >= 0.6 is 0 Å². The molecular formula is C15H25NO3. The minimum Gasteiger partial charge on any atom is -0.481 e. The van der Waals surface area contributed by atoms with Gasteiger partial charge in [-0.15, -0.1) is 0 Å². The van der Waals surface area contributed by atoms with Gasteiger partial charge in [0, 0.05) is 6.04 Å². The molecule has 2 atom stereocenters. The summed E-state index contributed by atoms with van der Waals surface area (Å²) in [7, 11) is 0. The molecule has 2 aliphatic rings. The molecule has 0 aromatic heterocycles. The fraction of sp³-hybridized carbons (Fsp3) is 0.867. The number of nitrogens with one attached hydrogen (secondary N) is 1. The summed E-state index contributed by atoms with van der Waals surface area (Å²) in [4.78, 5) is 23.6. The molecule has 19 heavy (non-hydrogen) atoms. The summed E-state index contributed by atoms with van der Waals surface area (Å²) in [6, 6.07) is 0.270. The summed E-state index contributed by atoms with van der Waals surface area (Å²) in [5, 5.41) is 12.3. The summed E-state index contributed by atoms with van der Waals surface area (Å²) in [5.41, 5.74) is 0. The Morgan fingerprint density at radius 3 is 1.89 bits per heavy atom. The van der Waals surface area contributed by atoms with Gasteiger partial charge >= 0.3 is 5.97 Å². The van der Waals surface area contributed by atoms with Crippen molar-refractivity contribution in [2.45, 2.75) is 70.3 Å². The van der Waals surface area contributed by atoms with Crippen molar-refractivity contribution in [3.63, 3.8) is 0 Å². The molecule has 2 saturated carbocycles. The summed E-state index contributed by atoms with van der Waals surface area (Å²) in [5.74, 6) is -1.60. The van der Waals surface area contributed by atoms with Crippen molar-refractivity contribution >= 4 is 11.9 Å². The predicted molar refractivity (Wildman–Crippen MR) is 72.7 cm³/mol. The molecule has 0 saturated heterocycles. The molecule has 0 heterocycles. The van der Waals surface area contributed by atoms with E-state index in [1.54, 1.807) is 0 Å². The third kappa shape index (κ3) is 3.95. The quantitative estimate of drug-likeness (QED) is 0.773. The van der Waals surface area contributed by atoms with Gasteiger partial charge in [-0.25, -0.2) is 0 Å². The van der Waals surface area contributed by atoms with Crippen molar-refractivity contribution in [3.05, 3.63) is 0 Å². The van der Waals surface area contributed by atoms with E-state index in [1.165, 1.54) is 25.7 Å². The Balaban J connectivity index is 1.91. The molecule has 2 fully saturated rings. The molecule has 0 aliphatic heterocycles. The van der Waals surface area contributed by atoms with Crippen molar-refractivity contribution in [2.24, 2.45) is 11.8 Å². The Morgan fingerprint density at radius 2 is 1.32 bits per heavy atom. The number of carboxylic acid groups (broad SMARTS) is 1. The van der Waals surface area contributed by atoms with Crippen LogP contribution in [0.1, 0.15) is 64.2 Å². The minimum atomic E-state index is -0.805. The maximum Gasteiger partial charge on any atom is 0.307 e. The number of rotatable bonds is 3. The number of amides is 1. The lowest BCUT2D eigenvalue weighted by atomic mass is 9.78. The summed E-state index contributed by atoms with van der Waals surface area (Å²) in [6.07, 6.45) is 10.3. The Hall–Kier alpha value is -1.06. The highest BCUT2D eigenvalue weighted by atomic mass is 16.4. The largest absolute Gasteiger partial charge is 0.481 e. The van der Waals surface area contributed by atoms with Gasteiger partial charge in [-0.1, -0.05) is 38.5 Å². The Labute approximate surface area is 115 Å². The molecule has 4 nitrogen and oxygen atoms in total. The van der Waals surface area contributed by atoms with Gasteiger partial charge in [0.25, 0.3) is 0 Å². The lowest BCUT2D eigenvalue weighted by Crippen LogP contribution is -2.43. The van der Waals surface area contributed by atoms with E-state index in [0.717, 1.165) is 32.1 Å². The first-order valence-corrected chi connectivity index (χ1v) is 7.71.